The third kappa shape index (κ3) is 2.82. The highest BCUT2D eigenvalue weighted by atomic mass is 16.5. The first-order chi connectivity index (χ1) is 9.76. The molecule has 2 fully saturated rings. The number of benzene rings is 1. The number of ether oxygens (including phenoxy) is 1. The summed E-state index contributed by atoms with van der Waals surface area (Å²) in [5.41, 5.74) is 1.04. The van der Waals surface area contributed by atoms with Crippen LogP contribution in [0, 0.1) is 17.8 Å². The minimum Gasteiger partial charge on any atom is -0.496 e. The van der Waals surface area contributed by atoms with E-state index in [0.29, 0.717) is 18.9 Å². The molecule has 0 radical (unpaired) electrons. The maximum absolute atomic E-state index is 12.1. The van der Waals surface area contributed by atoms with Gasteiger partial charge in [0.1, 0.15) is 5.75 Å². The lowest BCUT2D eigenvalue weighted by atomic mass is 9.86. The lowest BCUT2D eigenvalue weighted by Gasteiger charge is -2.21. The Balaban J connectivity index is 1.50. The van der Waals surface area contributed by atoms with Crippen LogP contribution in [0.2, 0.25) is 0 Å². The average Bonchev–Trinajstić information content (AvgIpc) is 3.08. The maximum atomic E-state index is 12.1. The number of amides is 1. The normalized spacial score (nSPS) is 27.6. The zero-order chi connectivity index (χ0) is 13.9. The fourth-order valence-electron chi connectivity index (χ4n) is 3.98. The van der Waals surface area contributed by atoms with Crippen LogP contribution in [0.5, 0.6) is 5.75 Å². The second-order valence-corrected chi connectivity index (χ2v) is 6.23. The average molecular weight is 273 g/mol. The molecular weight excluding hydrogens is 250 g/mol. The summed E-state index contributed by atoms with van der Waals surface area (Å²) in [4.78, 5) is 12.1. The molecule has 0 heterocycles. The Morgan fingerprint density at radius 1 is 1.30 bits per heavy atom. The van der Waals surface area contributed by atoms with Crippen molar-refractivity contribution in [3.63, 3.8) is 0 Å². The first kappa shape index (κ1) is 13.5. The van der Waals surface area contributed by atoms with Crippen molar-refractivity contribution >= 4 is 5.91 Å². The van der Waals surface area contributed by atoms with Crippen molar-refractivity contribution in [3.05, 3.63) is 29.8 Å². The van der Waals surface area contributed by atoms with E-state index in [2.05, 4.69) is 5.32 Å². The Kier molecular flexibility index (Phi) is 3.95. The van der Waals surface area contributed by atoms with Crippen molar-refractivity contribution in [1.29, 1.82) is 0 Å². The van der Waals surface area contributed by atoms with Crippen LogP contribution >= 0.6 is 0 Å². The summed E-state index contributed by atoms with van der Waals surface area (Å²) in [5.74, 6) is 3.39. The van der Waals surface area contributed by atoms with Gasteiger partial charge in [0, 0.05) is 18.5 Å². The van der Waals surface area contributed by atoms with Gasteiger partial charge in [0.05, 0.1) is 7.11 Å². The minimum absolute atomic E-state index is 0.188. The number of nitrogens with one attached hydrogen (secondary N) is 1. The van der Waals surface area contributed by atoms with E-state index in [1.807, 2.05) is 24.3 Å². The predicted octanol–water partition coefficient (Wildman–Crippen LogP) is 3.14. The van der Waals surface area contributed by atoms with Crippen LogP contribution in [0.1, 0.15) is 37.7 Å². The molecule has 0 saturated heterocycles. The second-order valence-electron chi connectivity index (χ2n) is 6.23. The molecule has 2 saturated carbocycles. The maximum Gasteiger partial charge on any atom is 0.220 e. The molecular formula is C17H23NO2. The first-order valence-electron chi connectivity index (χ1n) is 7.65. The zero-order valence-electron chi connectivity index (χ0n) is 12.1. The molecule has 3 heteroatoms. The number of rotatable bonds is 5. The fourth-order valence-corrected chi connectivity index (χ4v) is 3.98. The predicted molar refractivity (Wildman–Crippen MR) is 78.4 cm³/mol. The van der Waals surface area contributed by atoms with E-state index in [9.17, 15) is 4.79 Å². The highest BCUT2D eigenvalue weighted by molar-refractivity contribution is 5.76. The molecule has 2 aliphatic rings. The number of carbonyl (C=O) groups excluding carboxylic acids is 1. The summed E-state index contributed by atoms with van der Waals surface area (Å²) in [6, 6.07) is 7.84. The standard InChI is InChI=1S/C17H23NO2/c1-20-16-5-3-2-4-14(16)11-18-17(19)10-15-9-12-6-7-13(15)8-12/h2-5,12-13,15H,6-11H2,1H3,(H,18,19)/t12-,13-,15-/m0/s1. The Bertz CT molecular complexity index is 486. The van der Waals surface area contributed by atoms with Gasteiger partial charge in [-0.05, 0) is 43.1 Å². The van der Waals surface area contributed by atoms with Crippen LogP contribution in [-0.4, -0.2) is 13.0 Å². The van der Waals surface area contributed by atoms with Crippen LogP contribution in [0.25, 0.3) is 0 Å². The van der Waals surface area contributed by atoms with Gasteiger partial charge >= 0.3 is 0 Å². The summed E-state index contributed by atoms with van der Waals surface area (Å²) < 4.78 is 5.30. The Hall–Kier alpha value is -1.51. The molecule has 2 aliphatic carbocycles. The van der Waals surface area contributed by atoms with Crippen molar-refractivity contribution in [3.8, 4) is 5.75 Å². The van der Waals surface area contributed by atoms with E-state index in [1.165, 1.54) is 25.7 Å². The van der Waals surface area contributed by atoms with E-state index in [1.54, 1.807) is 7.11 Å². The van der Waals surface area contributed by atoms with E-state index < -0.39 is 0 Å². The monoisotopic (exact) mass is 273 g/mol. The van der Waals surface area contributed by atoms with Crippen LogP contribution < -0.4 is 10.1 Å². The van der Waals surface area contributed by atoms with Gasteiger partial charge in [0.15, 0.2) is 0 Å². The SMILES string of the molecule is COc1ccccc1CNC(=O)C[C@@H]1C[C@H]2CC[C@H]1C2. The van der Waals surface area contributed by atoms with E-state index in [-0.39, 0.29) is 5.91 Å². The van der Waals surface area contributed by atoms with Gasteiger partial charge in [-0.3, -0.25) is 4.79 Å². The smallest absolute Gasteiger partial charge is 0.220 e. The quantitative estimate of drug-likeness (QED) is 0.895. The number of carbonyl (C=O) groups is 1. The molecule has 1 N–H and O–H groups in total. The van der Waals surface area contributed by atoms with E-state index >= 15 is 0 Å². The van der Waals surface area contributed by atoms with Gasteiger partial charge in [-0.2, -0.15) is 0 Å². The van der Waals surface area contributed by atoms with Crippen molar-refractivity contribution < 1.29 is 9.53 Å². The molecule has 0 spiro atoms. The molecule has 1 aromatic rings. The molecule has 0 unspecified atom stereocenters. The van der Waals surface area contributed by atoms with Crippen molar-refractivity contribution in [2.45, 2.75) is 38.6 Å². The number of fused-ring (bicyclic) bond motifs is 2. The Labute approximate surface area is 120 Å². The summed E-state index contributed by atoms with van der Waals surface area (Å²) in [7, 11) is 1.66. The molecule has 0 aromatic heterocycles. The minimum atomic E-state index is 0.188. The van der Waals surface area contributed by atoms with E-state index in [4.69, 9.17) is 4.74 Å². The summed E-state index contributed by atoms with van der Waals surface area (Å²) in [5, 5.41) is 3.04. The number of para-hydroxylation sites is 1. The lowest BCUT2D eigenvalue weighted by molar-refractivity contribution is -0.122. The second kappa shape index (κ2) is 5.86. The molecule has 1 aromatic carbocycles. The fraction of sp³-hybridized carbons (Fsp3) is 0.588. The molecule has 3 atom stereocenters. The Morgan fingerprint density at radius 2 is 2.15 bits per heavy atom. The summed E-state index contributed by atoms with van der Waals surface area (Å²) in [6.07, 6.45) is 6.08. The van der Waals surface area contributed by atoms with E-state index in [0.717, 1.165) is 23.1 Å². The van der Waals surface area contributed by atoms with Crippen LogP contribution in [-0.2, 0) is 11.3 Å². The van der Waals surface area contributed by atoms with Crippen molar-refractivity contribution in [2.24, 2.45) is 17.8 Å². The molecule has 20 heavy (non-hydrogen) atoms. The summed E-state index contributed by atoms with van der Waals surface area (Å²) >= 11 is 0. The van der Waals surface area contributed by atoms with Crippen molar-refractivity contribution in [1.82, 2.24) is 5.32 Å². The van der Waals surface area contributed by atoms with Gasteiger partial charge in [0.25, 0.3) is 0 Å². The highest BCUT2D eigenvalue weighted by Gasteiger charge is 2.39. The topological polar surface area (TPSA) is 38.3 Å². The van der Waals surface area contributed by atoms with Gasteiger partial charge in [-0.1, -0.05) is 24.6 Å². The third-order valence-electron chi connectivity index (χ3n) is 5.00. The Morgan fingerprint density at radius 3 is 2.85 bits per heavy atom. The largest absolute Gasteiger partial charge is 0.496 e. The molecule has 108 valence electrons. The number of methoxy groups -OCH3 is 1. The zero-order valence-corrected chi connectivity index (χ0v) is 12.1. The molecule has 3 rings (SSSR count). The molecule has 0 aliphatic heterocycles. The first-order valence-corrected chi connectivity index (χ1v) is 7.65. The van der Waals surface area contributed by atoms with Gasteiger partial charge in [-0.15, -0.1) is 0 Å². The molecule has 2 bridgehead atoms. The molecule has 1 amide bonds. The lowest BCUT2D eigenvalue weighted by Crippen LogP contribution is -2.27. The van der Waals surface area contributed by atoms with Gasteiger partial charge < -0.3 is 10.1 Å². The highest BCUT2D eigenvalue weighted by Crippen LogP contribution is 2.49. The van der Waals surface area contributed by atoms with Crippen LogP contribution in [0.3, 0.4) is 0 Å². The third-order valence-corrected chi connectivity index (χ3v) is 5.00. The molecule has 3 nitrogen and oxygen atoms in total. The number of hydrogen-bond acceptors (Lipinski definition) is 2. The number of hydrogen-bond donors (Lipinski definition) is 1. The summed E-state index contributed by atoms with van der Waals surface area (Å²) in [6.45, 7) is 0.559. The van der Waals surface area contributed by atoms with Crippen LogP contribution in [0.15, 0.2) is 24.3 Å². The van der Waals surface area contributed by atoms with Gasteiger partial charge in [0.2, 0.25) is 5.91 Å². The van der Waals surface area contributed by atoms with Gasteiger partial charge in [-0.25, -0.2) is 0 Å². The van der Waals surface area contributed by atoms with Crippen LogP contribution in [0.4, 0.5) is 0 Å². The van der Waals surface area contributed by atoms with Crippen molar-refractivity contribution in [2.75, 3.05) is 7.11 Å².